The van der Waals surface area contributed by atoms with Crippen LogP contribution in [0.3, 0.4) is 0 Å². The highest BCUT2D eigenvalue weighted by Gasteiger charge is 2.58. The molecular weight excluding hydrogens is 477 g/mol. The molecule has 0 spiro atoms. The lowest BCUT2D eigenvalue weighted by molar-refractivity contribution is 0.0269. The Morgan fingerprint density at radius 3 is 2.35 bits per heavy atom. The van der Waals surface area contributed by atoms with E-state index in [2.05, 4.69) is 10.6 Å². The molecule has 5 rings (SSSR count). The molecule has 0 radical (unpaired) electrons. The number of amides is 3. The van der Waals surface area contributed by atoms with Gasteiger partial charge in [0.2, 0.25) is 0 Å². The summed E-state index contributed by atoms with van der Waals surface area (Å²) in [6.07, 6.45) is -1.13. The number of nitrogens with one attached hydrogen (secondary N) is 2. The van der Waals surface area contributed by atoms with Gasteiger partial charge < -0.3 is 25.0 Å². The van der Waals surface area contributed by atoms with Gasteiger partial charge in [-0.2, -0.15) is 0 Å². The number of hydrogen-bond donors (Lipinski definition) is 2. The van der Waals surface area contributed by atoms with Crippen molar-refractivity contribution in [3.05, 3.63) is 64.7 Å². The van der Waals surface area contributed by atoms with E-state index in [1.54, 1.807) is 11.0 Å². The van der Waals surface area contributed by atoms with Crippen molar-refractivity contribution < 1.29 is 28.2 Å². The van der Waals surface area contributed by atoms with Crippen LogP contribution in [0.15, 0.2) is 42.5 Å². The number of fused-ring (bicyclic) bond motifs is 2. The van der Waals surface area contributed by atoms with Gasteiger partial charge in [-0.25, -0.2) is 9.18 Å². The van der Waals surface area contributed by atoms with Crippen LogP contribution in [-0.4, -0.2) is 67.4 Å². The lowest BCUT2D eigenvalue weighted by atomic mass is 9.86. The zero-order valence-electron chi connectivity index (χ0n) is 21.4. The van der Waals surface area contributed by atoms with Crippen molar-refractivity contribution in [3.63, 3.8) is 0 Å². The van der Waals surface area contributed by atoms with E-state index in [9.17, 15) is 18.8 Å². The van der Waals surface area contributed by atoms with Gasteiger partial charge in [-0.3, -0.25) is 9.59 Å². The quantitative estimate of drug-likeness (QED) is 0.643. The molecular formula is C28H32FN3O5. The van der Waals surface area contributed by atoms with Crippen molar-refractivity contribution in [1.82, 2.24) is 15.5 Å². The Kier molecular flexibility index (Phi) is 6.33. The van der Waals surface area contributed by atoms with E-state index in [1.807, 2.05) is 51.1 Å². The summed E-state index contributed by atoms with van der Waals surface area (Å²) in [7, 11) is 1.50. The van der Waals surface area contributed by atoms with Gasteiger partial charge in [-0.05, 0) is 38.5 Å². The van der Waals surface area contributed by atoms with E-state index < -0.39 is 30.2 Å². The van der Waals surface area contributed by atoms with E-state index in [-0.39, 0.29) is 35.4 Å². The maximum Gasteiger partial charge on any atom is 0.410 e. The molecule has 4 atom stereocenters. The van der Waals surface area contributed by atoms with Gasteiger partial charge in [0.25, 0.3) is 11.8 Å². The molecule has 2 fully saturated rings. The number of ether oxygens (including phenoxy) is 2. The standard InChI is InChI=1S/C28H32FN3O5/c1-28(2,3)37-27(35)32-13-19-20(14-32)23(19)31-25(33)16-10-17-22(15-8-6-5-7-9-15)21(12-29)36-24(17)18(11-16)26(34)30-4/h5-11,19-23H,12-14H2,1-4H3,(H,30,34)(H,31,33). The lowest BCUT2D eigenvalue weighted by Gasteiger charge is -2.26. The molecule has 0 bridgehead atoms. The first-order valence-electron chi connectivity index (χ1n) is 12.6. The van der Waals surface area contributed by atoms with Crippen LogP contribution in [0.4, 0.5) is 9.18 Å². The fourth-order valence-electron chi connectivity index (χ4n) is 5.49. The maximum absolute atomic E-state index is 14.0. The van der Waals surface area contributed by atoms with E-state index in [1.165, 1.54) is 13.1 Å². The highest BCUT2D eigenvalue weighted by atomic mass is 19.1. The highest BCUT2D eigenvalue weighted by molar-refractivity contribution is 6.02. The number of benzene rings is 2. The summed E-state index contributed by atoms with van der Waals surface area (Å²) in [4.78, 5) is 40.1. The minimum absolute atomic E-state index is 0.0531. The van der Waals surface area contributed by atoms with Crippen molar-refractivity contribution in [1.29, 1.82) is 0 Å². The molecule has 2 aromatic carbocycles. The Morgan fingerprint density at radius 2 is 1.76 bits per heavy atom. The number of likely N-dealkylation sites (tertiary alicyclic amines) is 1. The van der Waals surface area contributed by atoms with Gasteiger partial charge in [0, 0.05) is 49.1 Å². The second-order valence-electron chi connectivity index (χ2n) is 10.9. The first-order chi connectivity index (χ1) is 17.6. The highest BCUT2D eigenvalue weighted by Crippen LogP contribution is 2.47. The largest absolute Gasteiger partial charge is 0.486 e. The Hall–Kier alpha value is -3.62. The van der Waals surface area contributed by atoms with E-state index >= 15 is 0 Å². The van der Waals surface area contributed by atoms with Gasteiger partial charge in [0.1, 0.15) is 24.1 Å². The molecule has 0 aromatic heterocycles. The van der Waals surface area contributed by atoms with Crippen molar-refractivity contribution in [3.8, 4) is 5.75 Å². The summed E-state index contributed by atoms with van der Waals surface area (Å²) in [5.74, 6) is -0.523. The number of rotatable bonds is 5. The smallest absolute Gasteiger partial charge is 0.410 e. The van der Waals surface area contributed by atoms with Gasteiger partial charge in [0.05, 0.1) is 11.5 Å². The first kappa shape index (κ1) is 25.0. The number of nitrogens with zero attached hydrogens (tertiary/aromatic N) is 1. The third kappa shape index (κ3) is 4.74. The van der Waals surface area contributed by atoms with Gasteiger partial charge in [-0.1, -0.05) is 30.3 Å². The number of halogens is 1. The molecule has 1 aliphatic carbocycles. The van der Waals surface area contributed by atoms with Crippen LogP contribution in [0, 0.1) is 11.8 Å². The predicted octanol–water partition coefficient (Wildman–Crippen LogP) is 3.50. The normalized spacial score (nSPS) is 25.5. The fraction of sp³-hybridized carbons (Fsp3) is 0.464. The lowest BCUT2D eigenvalue weighted by Crippen LogP contribution is -2.40. The molecule has 2 aromatic rings. The van der Waals surface area contributed by atoms with Crippen LogP contribution in [0.25, 0.3) is 0 Å². The fourth-order valence-corrected chi connectivity index (χ4v) is 5.49. The molecule has 2 heterocycles. The SMILES string of the molecule is CNC(=O)c1cc(C(=O)NC2C3CN(C(=O)OC(C)(C)C)CC32)cc2c1OC(CF)C2c1ccccc1. The van der Waals surface area contributed by atoms with Crippen LogP contribution in [0.2, 0.25) is 0 Å². The van der Waals surface area contributed by atoms with E-state index in [4.69, 9.17) is 9.47 Å². The minimum Gasteiger partial charge on any atom is -0.486 e. The van der Waals surface area contributed by atoms with Crippen molar-refractivity contribution in [2.75, 3.05) is 26.8 Å². The molecule has 1 saturated carbocycles. The number of carbonyl (C=O) groups is 3. The van der Waals surface area contributed by atoms with E-state index in [0.29, 0.717) is 30.0 Å². The van der Waals surface area contributed by atoms with Crippen LogP contribution < -0.4 is 15.4 Å². The van der Waals surface area contributed by atoms with Crippen LogP contribution >= 0.6 is 0 Å². The number of alkyl halides is 1. The van der Waals surface area contributed by atoms with Gasteiger partial charge in [-0.15, -0.1) is 0 Å². The van der Waals surface area contributed by atoms with Gasteiger partial charge in [0.15, 0.2) is 0 Å². The molecule has 2 aliphatic heterocycles. The molecule has 3 amide bonds. The molecule has 37 heavy (non-hydrogen) atoms. The Balaban J connectivity index is 1.36. The molecule has 9 heteroatoms. The molecule has 196 valence electrons. The topological polar surface area (TPSA) is 97.0 Å². The Labute approximate surface area is 215 Å². The summed E-state index contributed by atoms with van der Waals surface area (Å²) in [6.45, 7) is 5.82. The summed E-state index contributed by atoms with van der Waals surface area (Å²) < 4.78 is 25.4. The predicted molar refractivity (Wildman–Crippen MR) is 135 cm³/mol. The molecule has 3 aliphatic rings. The monoisotopic (exact) mass is 509 g/mol. The molecule has 1 saturated heterocycles. The maximum atomic E-state index is 14.0. The average Bonchev–Trinajstić information content (AvgIpc) is 3.21. The Morgan fingerprint density at radius 1 is 1.08 bits per heavy atom. The summed E-state index contributed by atoms with van der Waals surface area (Å²) in [5, 5.41) is 5.66. The average molecular weight is 510 g/mol. The van der Waals surface area contributed by atoms with Gasteiger partial charge >= 0.3 is 6.09 Å². The second-order valence-corrected chi connectivity index (χ2v) is 10.9. The zero-order chi connectivity index (χ0) is 26.5. The summed E-state index contributed by atoms with van der Waals surface area (Å²) >= 11 is 0. The minimum atomic E-state index is -0.791. The summed E-state index contributed by atoms with van der Waals surface area (Å²) in [6, 6.07) is 12.5. The molecule has 8 nitrogen and oxygen atoms in total. The number of carbonyl (C=O) groups excluding carboxylic acids is 3. The zero-order valence-corrected chi connectivity index (χ0v) is 21.4. The number of piperidine rings is 1. The molecule has 4 unspecified atom stereocenters. The van der Waals surface area contributed by atoms with Crippen LogP contribution in [0.5, 0.6) is 5.75 Å². The van der Waals surface area contributed by atoms with Crippen molar-refractivity contribution in [2.45, 2.75) is 44.4 Å². The van der Waals surface area contributed by atoms with Crippen molar-refractivity contribution in [2.24, 2.45) is 11.8 Å². The third-order valence-electron chi connectivity index (χ3n) is 7.28. The third-order valence-corrected chi connectivity index (χ3v) is 7.28. The summed E-state index contributed by atoms with van der Waals surface area (Å²) in [5.41, 5.74) is 1.43. The Bertz CT molecular complexity index is 1220. The first-order valence-corrected chi connectivity index (χ1v) is 12.6. The second kappa shape index (κ2) is 9.36. The van der Waals surface area contributed by atoms with E-state index in [0.717, 1.165) is 5.56 Å². The number of hydrogen-bond acceptors (Lipinski definition) is 5. The van der Waals surface area contributed by atoms with Crippen molar-refractivity contribution >= 4 is 17.9 Å². The molecule has 2 N–H and O–H groups in total. The van der Waals surface area contributed by atoms with Crippen LogP contribution in [0.1, 0.15) is 58.5 Å². The van der Waals surface area contributed by atoms with Crippen LogP contribution in [-0.2, 0) is 4.74 Å².